The second-order valence-corrected chi connectivity index (χ2v) is 5.55. The lowest BCUT2D eigenvalue weighted by Crippen LogP contribution is -2.40. The summed E-state index contributed by atoms with van der Waals surface area (Å²) in [4.78, 5) is 18.3. The topological polar surface area (TPSA) is 59.4 Å². The van der Waals surface area contributed by atoms with Crippen LogP contribution >= 0.6 is 0 Å². The molecule has 0 bridgehead atoms. The number of halogens is 2. The van der Waals surface area contributed by atoms with Gasteiger partial charge in [0.25, 0.3) is 0 Å². The molecule has 1 saturated heterocycles. The molecule has 2 aromatic rings. The summed E-state index contributed by atoms with van der Waals surface area (Å²) in [6.45, 7) is -1.66. The van der Waals surface area contributed by atoms with Crippen LogP contribution in [0.1, 0.15) is 12.8 Å². The quantitative estimate of drug-likeness (QED) is 0.912. The number of hydrogen-bond donors (Lipinski definition) is 1. The molecule has 2 amide bonds. The average molecular weight is 336 g/mol. The van der Waals surface area contributed by atoms with Gasteiger partial charge in [-0.1, -0.05) is 12.1 Å². The second kappa shape index (κ2) is 7.29. The molecule has 1 atom stereocenters. The lowest BCUT2D eigenvalue weighted by molar-refractivity contribution is -0.0493. The Hall–Kier alpha value is -2.64. The molecule has 8 heteroatoms. The van der Waals surface area contributed by atoms with Crippen molar-refractivity contribution in [2.24, 2.45) is 0 Å². The highest BCUT2D eigenvalue weighted by Gasteiger charge is 2.29. The van der Waals surface area contributed by atoms with Gasteiger partial charge in [-0.25, -0.2) is 9.78 Å². The zero-order chi connectivity index (χ0) is 16.9. The predicted molar refractivity (Wildman–Crippen MR) is 84.0 cm³/mol. The van der Waals surface area contributed by atoms with Gasteiger partial charge in [0.1, 0.15) is 5.75 Å². The van der Waals surface area contributed by atoms with Gasteiger partial charge in [0, 0.05) is 25.5 Å². The van der Waals surface area contributed by atoms with Crippen molar-refractivity contribution in [3.8, 4) is 5.75 Å². The minimum atomic E-state index is -2.94. The Morgan fingerprint density at radius 3 is 3.00 bits per heavy atom. The number of carbonyl (C=O) groups is 1. The summed E-state index contributed by atoms with van der Waals surface area (Å²) in [7, 11) is 0. The minimum Gasteiger partial charge on any atom is -0.433 e. The highest BCUT2D eigenvalue weighted by molar-refractivity contribution is 5.91. The lowest BCUT2D eigenvalue weighted by atomic mass is 10.2. The van der Waals surface area contributed by atoms with E-state index in [9.17, 15) is 13.6 Å². The maximum absolute atomic E-state index is 12.5. The number of alkyl halides is 2. The molecule has 6 nitrogen and oxygen atoms in total. The van der Waals surface area contributed by atoms with E-state index in [1.807, 2.05) is 10.8 Å². The van der Waals surface area contributed by atoms with E-state index >= 15 is 0 Å². The summed E-state index contributed by atoms with van der Waals surface area (Å²) < 4.78 is 31.3. The van der Waals surface area contributed by atoms with E-state index in [1.165, 1.54) is 12.1 Å². The van der Waals surface area contributed by atoms with Crippen molar-refractivity contribution in [3.05, 3.63) is 43.0 Å². The Morgan fingerprint density at radius 1 is 1.42 bits per heavy atom. The number of hydrogen-bond acceptors (Lipinski definition) is 3. The highest BCUT2D eigenvalue weighted by atomic mass is 19.3. The number of amides is 2. The zero-order valence-corrected chi connectivity index (χ0v) is 12.9. The van der Waals surface area contributed by atoms with Gasteiger partial charge in [0.15, 0.2) is 0 Å². The molecule has 2 heterocycles. The van der Waals surface area contributed by atoms with Gasteiger partial charge in [-0.2, -0.15) is 8.78 Å². The number of imidazole rings is 1. The van der Waals surface area contributed by atoms with Crippen LogP contribution in [0, 0.1) is 0 Å². The maximum Gasteiger partial charge on any atom is 0.387 e. The summed E-state index contributed by atoms with van der Waals surface area (Å²) in [5.74, 6) is -0.0498. The van der Waals surface area contributed by atoms with Crippen LogP contribution in [0.4, 0.5) is 19.3 Å². The fourth-order valence-electron chi connectivity index (χ4n) is 2.89. The van der Waals surface area contributed by atoms with Crippen LogP contribution in [0.5, 0.6) is 5.75 Å². The Bertz CT molecular complexity index is 678. The molecular weight excluding hydrogens is 318 g/mol. The van der Waals surface area contributed by atoms with Crippen LogP contribution < -0.4 is 10.1 Å². The summed E-state index contributed by atoms with van der Waals surface area (Å²) in [6.07, 6.45) is 7.04. The maximum atomic E-state index is 12.5. The lowest BCUT2D eigenvalue weighted by Gasteiger charge is -2.25. The first-order valence-electron chi connectivity index (χ1n) is 7.70. The smallest absolute Gasteiger partial charge is 0.387 e. The molecule has 3 rings (SSSR count). The van der Waals surface area contributed by atoms with Gasteiger partial charge in [-0.05, 0) is 25.0 Å². The molecule has 1 aliphatic heterocycles. The molecule has 1 aromatic carbocycles. The van der Waals surface area contributed by atoms with E-state index < -0.39 is 6.61 Å². The summed E-state index contributed by atoms with van der Waals surface area (Å²) >= 11 is 0. The van der Waals surface area contributed by atoms with Crippen LogP contribution in [0.3, 0.4) is 0 Å². The van der Waals surface area contributed by atoms with Crippen LogP contribution in [0.15, 0.2) is 43.0 Å². The number of rotatable bonds is 5. The van der Waals surface area contributed by atoms with Crippen LogP contribution in [0.2, 0.25) is 0 Å². The zero-order valence-electron chi connectivity index (χ0n) is 12.9. The fraction of sp³-hybridized carbons (Fsp3) is 0.375. The molecule has 128 valence electrons. The van der Waals surface area contributed by atoms with E-state index in [0.29, 0.717) is 13.1 Å². The van der Waals surface area contributed by atoms with Gasteiger partial charge in [0.2, 0.25) is 0 Å². The number of urea groups is 1. The Balaban J connectivity index is 1.68. The Labute approximate surface area is 138 Å². The van der Waals surface area contributed by atoms with Crippen molar-refractivity contribution in [1.82, 2.24) is 14.5 Å². The largest absolute Gasteiger partial charge is 0.433 e. The third-order valence-corrected chi connectivity index (χ3v) is 3.96. The molecule has 0 saturated carbocycles. The van der Waals surface area contributed by atoms with Gasteiger partial charge in [-0.3, -0.25) is 0 Å². The summed E-state index contributed by atoms with van der Waals surface area (Å²) in [5, 5.41) is 2.67. The van der Waals surface area contributed by atoms with Crippen molar-refractivity contribution < 1.29 is 18.3 Å². The standard InChI is InChI=1S/C16H18F2N4O2/c17-15(18)24-14-6-2-1-5-13(14)20-16(23)22-8-3-4-12(22)10-21-9-7-19-11-21/h1-2,5-7,9,11-12,15H,3-4,8,10H2,(H,20,23)/t12-/m1/s1. The molecule has 0 aliphatic carbocycles. The third-order valence-electron chi connectivity index (χ3n) is 3.96. The van der Waals surface area contributed by atoms with Crippen molar-refractivity contribution in [2.45, 2.75) is 32.0 Å². The van der Waals surface area contributed by atoms with E-state index in [-0.39, 0.29) is 23.5 Å². The first-order chi connectivity index (χ1) is 11.6. The average Bonchev–Trinajstić information content (AvgIpc) is 3.21. The number of likely N-dealkylation sites (tertiary alicyclic amines) is 1. The molecule has 0 spiro atoms. The highest BCUT2D eigenvalue weighted by Crippen LogP contribution is 2.27. The number of aromatic nitrogens is 2. The first kappa shape index (κ1) is 16.2. The first-order valence-corrected chi connectivity index (χ1v) is 7.70. The van der Waals surface area contributed by atoms with Crippen molar-refractivity contribution in [1.29, 1.82) is 0 Å². The van der Waals surface area contributed by atoms with Crippen molar-refractivity contribution in [2.75, 3.05) is 11.9 Å². The third kappa shape index (κ3) is 3.81. The number of nitrogens with zero attached hydrogens (tertiary/aromatic N) is 3. The monoisotopic (exact) mass is 336 g/mol. The molecule has 1 N–H and O–H groups in total. The minimum absolute atomic E-state index is 0.0439. The molecule has 24 heavy (non-hydrogen) atoms. The fourth-order valence-corrected chi connectivity index (χ4v) is 2.89. The molecule has 1 aromatic heterocycles. The van der Waals surface area contributed by atoms with Gasteiger partial charge < -0.3 is 19.5 Å². The SMILES string of the molecule is O=C(Nc1ccccc1OC(F)F)N1CCC[C@@H]1Cn1ccnc1. The molecule has 0 radical (unpaired) electrons. The van der Waals surface area contributed by atoms with Gasteiger partial charge in [0.05, 0.1) is 18.1 Å². The Kier molecular flexibility index (Phi) is 4.93. The molecule has 1 aliphatic rings. The van der Waals surface area contributed by atoms with Crippen LogP contribution in [0.25, 0.3) is 0 Å². The van der Waals surface area contributed by atoms with E-state index in [1.54, 1.807) is 29.6 Å². The number of nitrogens with one attached hydrogen (secondary N) is 1. The number of para-hydroxylation sites is 2. The number of carbonyl (C=O) groups excluding carboxylic acids is 1. The van der Waals surface area contributed by atoms with Gasteiger partial charge >= 0.3 is 12.6 Å². The van der Waals surface area contributed by atoms with E-state index in [4.69, 9.17) is 0 Å². The number of anilines is 1. The van der Waals surface area contributed by atoms with Crippen molar-refractivity contribution in [3.63, 3.8) is 0 Å². The molecule has 0 unspecified atom stereocenters. The predicted octanol–water partition coefficient (Wildman–Crippen LogP) is 3.18. The molecular formula is C16H18F2N4O2. The second-order valence-electron chi connectivity index (χ2n) is 5.55. The van der Waals surface area contributed by atoms with Crippen molar-refractivity contribution >= 4 is 11.7 Å². The number of ether oxygens (including phenoxy) is 1. The van der Waals surface area contributed by atoms with E-state index in [2.05, 4.69) is 15.0 Å². The van der Waals surface area contributed by atoms with Crippen LogP contribution in [-0.2, 0) is 6.54 Å². The van der Waals surface area contributed by atoms with Crippen LogP contribution in [-0.4, -0.2) is 39.7 Å². The van der Waals surface area contributed by atoms with Gasteiger partial charge in [-0.15, -0.1) is 0 Å². The Morgan fingerprint density at radius 2 is 2.25 bits per heavy atom. The van der Waals surface area contributed by atoms with E-state index in [0.717, 1.165) is 12.8 Å². The summed E-state index contributed by atoms with van der Waals surface area (Å²) in [6, 6.07) is 5.89. The molecule has 1 fully saturated rings. The normalized spacial score (nSPS) is 17.3. The number of benzene rings is 1. The summed E-state index contributed by atoms with van der Waals surface area (Å²) in [5.41, 5.74) is 0.232.